The molecule has 2 aromatic heterocycles. The van der Waals surface area contributed by atoms with Crippen LogP contribution in [0.25, 0.3) is 22.1 Å². The third-order valence-electron chi connectivity index (χ3n) is 2.94. The molecule has 3 rings (SSSR count). The van der Waals surface area contributed by atoms with Gasteiger partial charge in [-0.2, -0.15) is 0 Å². The molecule has 0 N–H and O–H groups in total. The highest BCUT2D eigenvalue weighted by Crippen LogP contribution is 2.34. The van der Waals surface area contributed by atoms with Crippen LogP contribution in [0.1, 0.15) is 10.6 Å². The number of nitrogens with zero attached hydrogens (tertiary/aromatic N) is 1. The van der Waals surface area contributed by atoms with Gasteiger partial charge in [0, 0.05) is 23.3 Å². The van der Waals surface area contributed by atoms with E-state index in [1.807, 2.05) is 36.4 Å². The van der Waals surface area contributed by atoms with Crippen LogP contribution in [-0.2, 0) is 4.74 Å². The smallest absolute Gasteiger partial charge is 0.374 e. The Morgan fingerprint density at radius 1 is 1.16 bits per heavy atom. The number of furan rings is 1. The van der Waals surface area contributed by atoms with Crippen molar-refractivity contribution in [2.24, 2.45) is 0 Å². The maximum absolute atomic E-state index is 11.8. The predicted octanol–water partition coefficient (Wildman–Crippen LogP) is 3.28. The number of carbonyl (C=O) groups is 1. The maximum Gasteiger partial charge on any atom is 0.374 e. The SMILES string of the molecule is COC(=O)c1oc2ccccc2c1-c1ccncc1. The lowest BCUT2D eigenvalue weighted by molar-refractivity contribution is 0.0569. The molecule has 0 saturated carbocycles. The van der Waals surface area contributed by atoms with Gasteiger partial charge in [0.15, 0.2) is 0 Å². The monoisotopic (exact) mass is 253 g/mol. The van der Waals surface area contributed by atoms with Crippen LogP contribution in [0.5, 0.6) is 0 Å². The van der Waals surface area contributed by atoms with Gasteiger partial charge in [-0.1, -0.05) is 18.2 Å². The summed E-state index contributed by atoms with van der Waals surface area (Å²) in [6.45, 7) is 0. The first-order valence-electron chi connectivity index (χ1n) is 5.81. The number of methoxy groups -OCH3 is 1. The molecule has 0 bridgehead atoms. The summed E-state index contributed by atoms with van der Waals surface area (Å²) in [5, 5.41) is 0.883. The second-order valence-electron chi connectivity index (χ2n) is 4.03. The van der Waals surface area contributed by atoms with Gasteiger partial charge in [-0.3, -0.25) is 4.98 Å². The summed E-state index contributed by atoms with van der Waals surface area (Å²) < 4.78 is 10.4. The molecule has 0 saturated heterocycles. The average Bonchev–Trinajstić information content (AvgIpc) is 2.86. The van der Waals surface area contributed by atoms with E-state index < -0.39 is 5.97 Å². The van der Waals surface area contributed by atoms with Crippen molar-refractivity contribution >= 4 is 16.9 Å². The molecule has 94 valence electrons. The molecule has 0 unspecified atom stereocenters. The van der Waals surface area contributed by atoms with Gasteiger partial charge >= 0.3 is 5.97 Å². The number of benzene rings is 1. The molecule has 0 fully saturated rings. The summed E-state index contributed by atoms with van der Waals surface area (Å²) in [5.74, 6) is -0.266. The van der Waals surface area contributed by atoms with Crippen molar-refractivity contribution < 1.29 is 13.9 Å². The van der Waals surface area contributed by atoms with Crippen LogP contribution in [0.3, 0.4) is 0 Å². The fraction of sp³-hybridized carbons (Fsp3) is 0.0667. The normalized spacial score (nSPS) is 10.6. The molecule has 2 heterocycles. The maximum atomic E-state index is 11.8. The summed E-state index contributed by atoms with van der Waals surface area (Å²) in [4.78, 5) is 15.8. The Kier molecular flexibility index (Phi) is 2.76. The Morgan fingerprint density at radius 3 is 2.63 bits per heavy atom. The first-order valence-corrected chi connectivity index (χ1v) is 5.81. The van der Waals surface area contributed by atoms with E-state index in [1.165, 1.54) is 7.11 Å². The number of aromatic nitrogens is 1. The van der Waals surface area contributed by atoms with Gasteiger partial charge in [-0.15, -0.1) is 0 Å². The second-order valence-corrected chi connectivity index (χ2v) is 4.03. The summed E-state index contributed by atoms with van der Waals surface area (Å²) in [6.07, 6.45) is 3.36. The fourth-order valence-electron chi connectivity index (χ4n) is 2.09. The second kappa shape index (κ2) is 4.57. The first kappa shape index (κ1) is 11.5. The van der Waals surface area contributed by atoms with E-state index in [-0.39, 0.29) is 5.76 Å². The molecule has 0 aliphatic carbocycles. The molecule has 0 radical (unpaired) electrons. The fourth-order valence-corrected chi connectivity index (χ4v) is 2.09. The number of fused-ring (bicyclic) bond motifs is 1. The van der Waals surface area contributed by atoms with Gasteiger partial charge in [0.1, 0.15) is 5.58 Å². The Bertz CT molecular complexity index is 731. The average molecular weight is 253 g/mol. The molecule has 3 aromatic rings. The molecule has 0 spiro atoms. The molecule has 0 aliphatic rings. The van der Waals surface area contributed by atoms with Crippen LogP contribution < -0.4 is 0 Å². The first-order chi connectivity index (χ1) is 9.31. The topological polar surface area (TPSA) is 52.3 Å². The van der Waals surface area contributed by atoms with Crippen molar-refractivity contribution in [1.82, 2.24) is 4.98 Å². The molecular weight excluding hydrogens is 242 g/mol. The quantitative estimate of drug-likeness (QED) is 0.658. The van der Waals surface area contributed by atoms with Crippen molar-refractivity contribution in [1.29, 1.82) is 0 Å². The van der Waals surface area contributed by atoms with Crippen LogP contribution in [0.2, 0.25) is 0 Å². The number of esters is 1. The summed E-state index contributed by atoms with van der Waals surface area (Å²) >= 11 is 0. The van der Waals surface area contributed by atoms with Crippen LogP contribution in [0.15, 0.2) is 53.2 Å². The highest BCUT2D eigenvalue weighted by Gasteiger charge is 2.21. The lowest BCUT2D eigenvalue weighted by Gasteiger charge is -2.01. The largest absolute Gasteiger partial charge is 0.463 e. The van der Waals surface area contributed by atoms with Crippen molar-refractivity contribution in [3.05, 3.63) is 54.6 Å². The van der Waals surface area contributed by atoms with Crippen LogP contribution in [0.4, 0.5) is 0 Å². The van der Waals surface area contributed by atoms with Crippen molar-refractivity contribution in [2.75, 3.05) is 7.11 Å². The summed E-state index contributed by atoms with van der Waals surface area (Å²) in [5.41, 5.74) is 2.28. The standard InChI is InChI=1S/C15H11NO3/c1-18-15(17)14-13(10-6-8-16-9-7-10)11-4-2-3-5-12(11)19-14/h2-9H,1H3. The molecule has 4 heteroatoms. The highest BCUT2D eigenvalue weighted by atomic mass is 16.5. The number of rotatable bonds is 2. The Labute approximate surface area is 109 Å². The number of pyridine rings is 1. The third kappa shape index (κ3) is 1.87. The Morgan fingerprint density at radius 2 is 1.89 bits per heavy atom. The van der Waals surface area contributed by atoms with Gasteiger partial charge in [-0.05, 0) is 23.8 Å². The van der Waals surface area contributed by atoms with E-state index in [9.17, 15) is 4.79 Å². The minimum atomic E-state index is -0.483. The number of ether oxygens (including phenoxy) is 1. The van der Waals surface area contributed by atoms with Crippen molar-refractivity contribution in [3.63, 3.8) is 0 Å². The molecule has 1 aromatic carbocycles. The third-order valence-corrected chi connectivity index (χ3v) is 2.94. The van der Waals surface area contributed by atoms with Crippen LogP contribution >= 0.6 is 0 Å². The lowest BCUT2D eigenvalue weighted by Crippen LogP contribution is -2.01. The number of hydrogen-bond donors (Lipinski definition) is 0. The van der Waals surface area contributed by atoms with Gasteiger partial charge in [0.25, 0.3) is 0 Å². The van der Waals surface area contributed by atoms with E-state index >= 15 is 0 Å². The number of carbonyl (C=O) groups excluding carboxylic acids is 1. The zero-order chi connectivity index (χ0) is 13.2. The van der Waals surface area contributed by atoms with Gasteiger partial charge in [0.2, 0.25) is 5.76 Å². The molecule has 0 atom stereocenters. The molecule has 4 nitrogen and oxygen atoms in total. The minimum absolute atomic E-state index is 0.218. The predicted molar refractivity (Wildman–Crippen MR) is 70.8 cm³/mol. The molecule has 0 aliphatic heterocycles. The highest BCUT2D eigenvalue weighted by molar-refractivity contribution is 6.06. The van der Waals surface area contributed by atoms with E-state index in [2.05, 4.69) is 4.98 Å². The van der Waals surface area contributed by atoms with Gasteiger partial charge < -0.3 is 9.15 Å². The van der Waals surface area contributed by atoms with Gasteiger partial charge in [0.05, 0.1) is 7.11 Å². The summed E-state index contributed by atoms with van der Waals surface area (Å²) in [7, 11) is 1.34. The zero-order valence-electron chi connectivity index (χ0n) is 10.3. The molecular formula is C15H11NO3. The van der Waals surface area contributed by atoms with E-state index in [0.29, 0.717) is 5.58 Å². The summed E-state index contributed by atoms with van der Waals surface area (Å²) in [6, 6.07) is 11.2. The molecule has 0 amide bonds. The number of para-hydroxylation sites is 1. The minimum Gasteiger partial charge on any atom is -0.463 e. The number of hydrogen-bond acceptors (Lipinski definition) is 4. The molecule has 19 heavy (non-hydrogen) atoms. The van der Waals surface area contributed by atoms with E-state index in [1.54, 1.807) is 12.4 Å². The lowest BCUT2D eigenvalue weighted by atomic mass is 10.0. The Hall–Kier alpha value is -2.62. The van der Waals surface area contributed by atoms with Crippen LogP contribution in [-0.4, -0.2) is 18.1 Å². The zero-order valence-corrected chi connectivity index (χ0v) is 10.3. The van der Waals surface area contributed by atoms with E-state index in [4.69, 9.17) is 9.15 Å². The van der Waals surface area contributed by atoms with E-state index in [0.717, 1.165) is 16.5 Å². The Balaban J connectivity index is 2.34. The van der Waals surface area contributed by atoms with Gasteiger partial charge in [-0.25, -0.2) is 4.79 Å². The van der Waals surface area contributed by atoms with Crippen LogP contribution in [0, 0.1) is 0 Å². The van der Waals surface area contributed by atoms with Crippen molar-refractivity contribution in [2.45, 2.75) is 0 Å². The van der Waals surface area contributed by atoms with Crippen molar-refractivity contribution in [3.8, 4) is 11.1 Å².